The lowest BCUT2D eigenvalue weighted by molar-refractivity contribution is 0.589. The van der Waals surface area contributed by atoms with Gasteiger partial charge in [0.15, 0.2) is 0 Å². The molecule has 0 N–H and O–H groups in total. The zero-order chi connectivity index (χ0) is 53.6. The molecule has 0 saturated heterocycles. The summed E-state index contributed by atoms with van der Waals surface area (Å²) in [5, 5.41) is 0. The number of para-hydroxylation sites is 1. The lowest BCUT2D eigenvalue weighted by atomic mass is 9.78. The third-order valence-corrected chi connectivity index (χ3v) is 14.0. The van der Waals surface area contributed by atoms with Gasteiger partial charge in [0.2, 0.25) is 0 Å². The molecule has 3 heteroatoms. The minimum absolute atomic E-state index is 0.0135. The van der Waals surface area contributed by atoms with Gasteiger partial charge in [0.25, 0.3) is 0 Å². The number of aromatic nitrogens is 3. The molecular weight excluding hydrogens is 847 g/mol. The van der Waals surface area contributed by atoms with E-state index in [0.717, 1.165) is 55.9 Å². The van der Waals surface area contributed by atoms with Gasteiger partial charge >= 0.3 is 0 Å². The maximum atomic E-state index is 9.13. The normalized spacial score (nSPS) is 13.3. The number of hydrogen-bond donors (Lipinski definition) is 0. The summed E-state index contributed by atoms with van der Waals surface area (Å²) in [4.78, 5) is 10.7. The molecule has 0 radical (unpaired) electrons. The van der Waals surface area contributed by atoms with E-state index in [2.05, 4.69) is 203 Å². The molecule has 0 saturated carbocycles. The number of pyridine rings is 1. The highest BCUT2D eigenvalue weighted by Crippen LogP contribution is 2.44. The number of nitrogens with zero attached hydrogens (tertiary/aromatic N) is 3. The Labute approximate surface area is 424 Å². The minimum Gasteiger partial charge on any atom is -0.292 e. The molecule has 0 aliphatic rings. The van der Waals surface area contributed by atoms with Crippen molar-refractivity contribution >= 4 is 11.0 Å². The molecule has 7 aromatic carbocycles. The van der Waals surface area contributed by atoms with E-state index in [4.69, 9.17) is 15.5 Å². The summed E-state index contributed by atoms with van der Waals surface area (Å²) in [5.41, 5.74) is 19.9. The van der Waals surface area contributed by atoms with Crippen LogP contribution in [0.1, 0.15) is 128 Å². The van der Waals surface area contributed by atoms with E-state index in [1.54, 1.807) is 12.3 Å². The van der Waals surface area contributed by atoms with Gasteiger partial charge in [-0.3, -0.25) is 9.55 Å². The molecule has 354 valence electrons. The maximum absolute atomic E-state index is 9.13. The molecule has 70 heavy (non-hydrogen) atoms. The van der Waals surface area contributed by atoms with E-state index in [9.17, 15) is 0 Å². The fraction of sp³-hybridized carbons (Fsp3) is 0.284. The zero-order valence-corrected chi connectivity index (χ0v) is 44.0. The quantitative estimate of drug-likeness (QED) is 0.159. The van der Waals surface area contributed by atoms with E-state index in [1.165, 1.54) is 44.5 Å². The molecule has 0 aliphatic heterocycles. The fourth-order valence-corrected chi connectivity index (χ4v) is 9.63. The second-order valence-electron chi connectivity index (χ2n) is 23.5. The van der Waals surface area contributed by atoms with Crippen molar-refractivity contribution in [3.05, 3.63) is 197 Å². The van der Waals surface area contributed by atoms with Crippen LogP contribution in [-0.4, -0.2) is 14.5 Å². The summed E-state index contributed by atoms with van der Waals surface area (Å²) in [6.45, 7) is 32.8. The number of aryl methyl sites for hydroxylation is 2. The Kier molecular flexibility index (Phi) is 11.0. The van der Waals surface area contributed by atoms with E-state index in [-0.39, 0.29) is 46.0 Å². The molecule has 2 aromatic heterocycles. The average molecular weight is 922 g/mol. The van der Waals surface area contributed by atoms with Gasteiger partial charge in [-0.1, -0.05) is 186 Å². The highest BCUT2D eigenvalue weighted by molar-refractivity contribution is 5.97. The zero-order valence-electron chi connectivity index (χ0n) is 48.0. The highest BCUT2D eigenvalue weighted by Gasteiger charge is 2.27. The average Bonchev–Trinajstić information content (AvgIpc) is 3.72. The van der Waals surface area contributed by atoms with Crippen LogP contribution in [0.5, 0.6) is 0 Å². The largest absolute Gasteiger partial charge is 0.292 e. The van der Waals surface area contributed by atoms with Gasteiger partial charge in [-0.05, 0) is 169 Å². The molecule has 3 nitrogen and oxygen atoms in total. The predicted octanol–water partition coefficient (Wildman–Crippen LogP) is 18.5. The van der Waals surface area contributed by atoms with Crippen molar-refractivity contribution < 1.29 is 5.48 Å². The van der Waals surface area contributed by atoms with Gasteiger partial charge in [-0.15, -0.1) is 0 Å². The molecule has 0 aliphatic carbocycles. The van der Waals surface area contributed by atoms with Crippen LogP contribution in [0, 0.1) is 20.8 Å². The van der Waals surface area contributed by atoms with E-state index in [1.807, 2.05) is 26.8 Å². The first-order valence-corrected chi connectivity index (χ1v) is 24.8. The summed E-state index contributed by atoms with van der Waals surface area (Å²) < 4.78 is 38.6. The Morgan fingerprint density at radius 1 is 0.443 bits per heavy atom. The van der Waals surface area contributed by atoms with Crippen molar-refractivity contribution in [1.29, 1.82) is 0 Å². The van der Waals surface area contributed by atoms with E-state index in [0.29, 0.717) is 16.8 Å². The van der Waals surface area contributed by atoms with Crippen molar-refractivity contribution in [3.63, 3.8) is 0 Å². The minimum atomic E-state index is -0.561. The maximum Gasteiger partial charge on any atom is 0.146 e. The molecule has 0 bridgehead atoms. The van der Waals surface area contributed by atoms with Crippen LogP contribution in [0.4, 0.5) is 0 Å². The molecule has 9 aromatic rings. The lowest BCUT2D eigenvalue weighted by Crippen LogP contribution is -2.13. The standard InChI is InChI=1S/C67H71N3/c1-42-36-52(65(7,8)9)41-56(44(42)3)63-69-62-55(49-37-50(39-53(38-49)66(10,11)12)58-40-47(33-34-68-58)45-27-30-51(31-28-45)64(4,5)6)24-20-26-60(62)70(63)59-32-29-48(35-43(59)2)61-54(46-21-17-16-18-22-46)23-19-25-57(61)67(13,14)15/h16-41H,1-15H3/i27D,28D,30D,31D. The van der Waals surface area contributed by atoms with Crippen LogP contribution in [0.15, 0.2) is 158 Å². The molecule has 2 heterocycles. The second kappa shape index (κ2) is 17.8. The first-order chi connectivity index (χ1) is 34.6. The van der Waals surface area contributed by atoms with Crippen LogP contribution in [-0.2, 0) is 21.7 Å². The summed E-state index contributed by atoms with van der Waals surface area (Å²) in [6.07, 6.45) is 1.71. The molecule has 0 atom stereocenters. The Balaban J connectivity index is 1.28. The summed E-state index contributed by atoms with van der Waals surface area (Å²) >= 11 is 0. The van der Waals surface area contributed by atoms with Crippen LogP contribution >= 0.6 is 0 Å². The number of fused-ring (bicyclic) bond motifs is 1. The Morgan fingerprint density at radius 3 is 1.74 bits per heavy atom. The van der Waals surface area contributed by atoms with Crippen LogP contribution in [0.2, 0.25) is 0 Å². The van der Waals surface area contributed by atoms with Gasteiger partial charge in [0.1, 0.15) is 5.82 Å². The molecular formula is C67H71N3. The number of benzene rings is 7. The Morgan fingerprint density at radius 2 is 1.09 bits per heavy atom. The second-order valence-corrected chi connectivity index (χ2v) is 23.5. The fourth-order valence-electron chi connectivity index (χ4n) is 9.63. The summed E-state index contributed by atoms with van der Waals surface area (Å²) in [5.74, 6) is 0.883. The summed E-state index contributed by atoms with van der Waals surface area (Å²) in [6, 6.07) is 45.8. The molecule has 0 amide bonds. The van der Waals surface area contributed by atoms with E-state index >= 15 is 0 Å². The third-order valence-electron chi connectivity index (χ3n) is 14.0. The van der Waals surface area contributed by atoms with Gasteiger partial charge in [0.05, 0.1) is 27.9 Å². The van der Waals surface area contributed by atoms with Crippen LogP contribution in [0.25, 0.3) is 83.9 Å². The lowest BCUT2D eigenvalue weighted by Gasteiger charge is -2.26. The molecule has 9 rings (SSSR count). The van der Waals surface area contributed by atoms with Crippen LogP contribution in [0.3, 0.4) is 0 Å². The molecule has 0 spiro atoms. The van der Waals surface area contributed by atoms with Crippen molar-refractivity contribution in [2.75, 3.05) is 0 Å². The van der Waals surface area contributed by atoms with E-state index < -0.39 is 5.41 Å². The van der Waals surface area contributed by atoms with Crippen molar-refractivity contribution in [1.82, 2.24) is 14.5 Å². The van der Waals surface area contributed by atoms with Gasteiger partial charge < -0.3 is 0 Å². The summed E-state index contributed by atoms with van der Waals surface area (Å²) in [7, 11) is 0. The topological polar surface area (TPSA) is 30.7 Å². The van der Waals surface area contributed by atoms with Gasteiger partial charge in [0, 0.05) is 22.9 Å². The predicted molar refractivity (Wildman–Crippen MR) is 300 cm³/mol. The smallest absolute Gasteiger partial charge is 0.146 e. The van der Waals surface area contributed by atoms with Gasteiger partial charge in [-0.2, -0.15) is 0 Å². The number of imidazole rings is 1. The Bertz CT molecular complexity index is 3640. The third kappa shape index (κ3) is 9.31. The number of rotatable bonds is 7. The number of hydrogen-bond acceptors (Lipinski definition) is 2. The molecule has 0 unspecified atom stereocenters. The molecule has 0 fully saturated rings. The van der Waals surface area contributed by atoms with Crippen LogP contribution < -0.4 is 0 Å². The van der Waals surface area contributed by atoms with Crippen molar-refractivity contribution in [2.45, 2.75) is 126 Å². The van der Waals surface area contributed by atoms with Crippen molar-refractivity contribution in [2.24, 2.45) is 0 Å². The SMILES string of the molecule is [2H]c1c([2H])c(C(C)(C)C)c([2H])c([2H])c1-c1ccnc(-c2cc(-c3cccc4c3nc(-c3cc(C(C)(C)C)cc(C)c3C)n4-c3ccc(-c4c(-c5ccccc5)cccc4C(C)(C)C)cc3C)cc(C(C)(C)C)c2)c1. The Hall–Kier alpha value is -6.84. The highest BCUT2D eigenvalue weighted by atomic mass is 15.1. The van der Waals surface area contributed by atoms with Crippen molar-refractivity contribution in [3.8, 4) is 72.8 Å². The first kappa shape index (κ1) is 43.2. The first-order valence-electron chi connectivity index (χ1n) is 26.8. The monoisotopic (exact) mass is 922 g/mol. The van der Waals surface area contributed by atoms with Gasteiger partial charge in [-0.25, -0.2) is 4.98 Å².